The highest BCUT2D eigenvalue weighted by Gasteiger charge is 2.14. The third kappa shape index (κ3) is 3.19. The Bertz CT molecular complexity index is 472. The van der Waals surface area contributed by atoms with Gasteiger partial charge in [-0.25, -0.2) is 0 Å². The Kier molecular flexibility index (Phi) is 3.76. The molecule has 6 heteroatoms. The molecule has 0 fully saturated rings. The number of ketones is 1. The van der Waals surface area contributed by atoms with E-state index in [4.69, 9.17) is 9.47 Å². The average Bonchev–Trinajstić information content (AvgIpc) is 2.75. The highest BCUT2D eigenvalue weighted by atomic mass is 16.7. The molecule has 96 valence electrons. The van der Waals surface area contributed by atoms with Crippen LogP contribution < -0.4 is 9.47 Å². The standard InChI is InChI=1S/C12H13NO5/c14-10(2-1-5-13(15)16)6-9-3-4-11-12(7-9)18-8-17-11/h3-4,7H,1-2,5-6,8H2. The minimum Gasteiger partial charge on any atom is -0.454 e. The molecule has 0 bridgehead atoms. The minimum absolute atomic E-state index is 0.00397. The molecule has 1 heterocycles. The molecule has 18 heavy (non-hydrogen) atoms. The number of Topliss-reactive ketones (excluding diaryl/α,β-unsaturated/α-hetero) is 1. The number of fused-ring (bicyclic) bond motifs is 1. The highest BCUT2D eigenvalue weighted by molar-refractivity contribution is 5.81. The summed E-state index contributed by atoms with van der Waals surface area (Å²) in [6.45, 7) is 0.0441. The molecule has 0 amide bonds. The molecule has 1 aliphatic rings. The van der Waals surface area contributed by atoms with Gasteiger partial charge < -0.3 is 9.47 Å². The number of nitrogens with zero attached hydrogens (tertiary/aromatic N) is 1. The second-order valence-corrected chi connectivity index (χ2v) is 4.06. The van der Waals surface area contributed by atoms with Crippen LogP contribution in [0, 0.1) is 10.1 Å². The molecule has 2 rings (SSSR count). The molecule has 0 N–H and O–H groups in total. The fourth-order valence-electron chi connectivity index (χ4n) is 1.77. The van der Waals surface area contributed by atoms with Gasteiger partial charge in [-0.2, -0.15) is 0 Å². The molecule has 6 nitrogen and oxygen atoms in total. The van der Waals surface area contributed by atoms with Crippen LogP contribution in [0.5, 0.6) is 11.5 Å². The van der Waals surface area contributed by atoms with Crippen LogP contribution in [0.1, 0.15) is 18.4 Å². The van der Waals surface area contributed by atoms with E-state index in [1.807, 2.05) is 0 Å². The summed E-state index contributed by atoms with van der Waals surface area (Å²) in [5.41, 5.74) is 0.838. The molecular formula is C12H13NO5. The van der Waals surface area contributed by atoms with Crippen LogP contribution in [0.2, 0.25) is 0 Å². The first kappa shape index (κ1) is 12.3. The van der Waals surface area contributed by atoms with E-state index in [9.17, 15) is 14.9 Å². The van der Waals surface area contributed by atoms with Gasteiger partial charge in [-0.1, -0.05) is 6.07 Å². The normalized spacial score (nSPS) is 12.4. The summed E-state index contributed by atoms with van der Waals surface area (Å²) in [4.78, 5) is 21.3. The Morgan fingerprint density at radius 3 is 2.89 bits per heavy atom. The van der Waals surface area contributed by atoms with Gasteiger partial charge in [0.15, 0.2) is 11.5 Å². The maximum absolute atomic E-state index is 11.6. The van der Waals surface area contributed by atoms with Gasteiger partial charge in [0.05, 0.1) is 0 Å². The molecule has 0 aliphatic carbocycles. The smallest absolute Gasteiger partial charge is 0.231 e. The third-order valence-corrected chi connectivity index (χ3v) is 2.63. The Hall–Kier alpha value is -2.11. The number of hydrogen-bond donors (Lipinski definition) is 0. The van der Waals surface area contributed by atoms with E-state index < -0.39 is 4.92 Å². The van der Waals surface area contributed by atoms with Gasteiger partial charge in [-0.05, 0) is 17.7 Å². The summed E-state index contributed by atoms with van der Waals surface area (Å²) in [6.07, 6.45) is 0.792. The van der Waals surface area contributed by atoms with Crippen LogP contribution in [-0.2, 0) is 11.2 Å². The van der Waals surface area contributed by atoms with Gasteiger partial charge in [0.25, 0.3) is 0 Å². The molecule has 0 spiro atoms. The lowest BCUT2D eigenvalue weighted by Gasteiger charge is -2.02. The van der Waals surface area contributed by atoms with Gasteiger partial charge in [0, 0.05) is 24.2 Å². The largest absolute Gasteiger partial charge is 0.454 e. The van der Waals surface area contributed by atoms with Crippen molar-refractivity contribution in [3.8, 4) is 11.5 Å². The molecule has 0 unspecified atom stereocenters. The van der Waals surface area contributed by atoms with Crippen LogP contribution in [0.4, 0.5) is 0 Å². The van der Waals surface area contributed by atoms with Crippen LogP contribution >= 0.6 is 0 Å². The van der Waals surface area contributed by atoms with Crippen LogP contribution in [0.3, 0.4) is 0 Å². The number of carbonyl (C=O) groups excluding carboxylic acids is 1. The number of ether oxygens (including phenoxy) is 2. The Labute approximate surface area is 104 Å². The van der Waals surface area contributed by atoms with Gasteiger partial charge in [-0.15, -0.1) is 0 Å². The lowest BCUT2D eigenvalue weighted by atomic mass is 10.1. The van der Waals surface area contributed by atoms with Gasteiger partial charge in [0.2, 0.25) is 13.3 Å². The summed E-state index contributed by atoms with van der Waals surface area (Å²) in [6, 6.07) is 5.34. The van der Waals surface area contributed by atoms with E-state index >= 15 is 0 Å². The maximum Gasteiger partial charge on any atom is 0.231 e. The summed E-state index contributed by atoms with van der Waals surface area (Å²) in [5.74, 6) is 1.32. The van der Waals surface area contributed by atoms with Crippen molar-refractivity contribution in [3.63, 3.8) is 0 Å². The van der Waals surface area contributed by atoms with E-state index in [1.165, 1.54) is 0 Å². The number of benzene rings is 1. The van der Waals surface area contributed by atoms with Gasteiger partial charge in [0.1, 0.15) is 5.78 Å². The van der Waals surface area contributed by atoms with Crippen LogP contribution in [0.15, 0.2) is 18.2 Å². The second kappa shape index (κ2) is 5.48. The van der Waals surface area contributed by atoms with Crippen LogP contribution in [0.25, 0.3) is 0 Å². The third-order valence-electron chi connectivity index (χ3n) is 2.63. The van der Waals surface area contributed by atoms with E-state index in [2.05, 4.69) is 0 Å². The average molecular weight is 251 g/mol. The summed E-state index contributed by atoms with van der Waals surface area (Å²) in [7, 11) is 0. The number of rotatable bonds is 6. The zero-order valence-corrected chi connectivity index (χ0v) is 9.76. The van der Waals surface area contributed by atoms with E-state index in [1.54, 1.807) is 18.2 Å². The zero-order valence-electron chi connectivity index (χ0n) is 9.76. The van der Waals surface area contributed by atoms with Crippen molar-refractivity contribution in [1.29, 1.82) is 0 Å². The molecule has 0 atom stereocenters. The van der Waals surface area contributed by atoms with Gasteiger partial charge in [-0.3, -0.25) is 14.9 Å². The van der Waals surface area contributed by atoms with E-state index in [-0.39, 0.29) is 38.4 Å². The fourth-order valence-corrected chi connectivity index (χ4v) is 1.77. The molecule has 1 aromatic rings. The van der Waals surface area contributed by atoms with E-state index in [0.717, 1.165) is 5.56 Å². The predicted octanol–water partition coefficient (Wildman–Crippen LogP) is 1.58. The Morgan fingerprint density at radius 1 is 1.33 bits per heavy atom. The van der Waals surface area contributed by atoms with Crippen molar-refractivity contribution in [3.05, 3.63) is 33.9 Å². The van der Waals surface area contributed by atoms with Crippen molar-refractivity contribution in [2.75, 3.05) is 13.3 Å². The second-order valence-electron chi connectivity index (χ2n) is 4.06. The zero-order chi connectivity index (χ0) is 13.0. The quantitative estimate of drug-likeness (QED) is 0.566. The predicted molar refractivity (Wildman–Crippen MR) is 62.4 cm³/mol. The van der Waals surface area contributed by atoms with Crippen molar-refractivity contribution < 1.29 is 19.2 Å². The summed E-state index contributed by atoms with van der Waals surface area (Å²) >= 11 is 0. The number of carbonyl (C=O) groups is 1. The molecule has 0 radical (unpaired) electrons. The summed E-state index contributed by atoms with van der Waals surface area (Å²) in [5, 5.41) is 10.1. The first-order valence-electron chi connectivity index (χ1n) is 5.67. The molecule has 0 saturated heterocycles. The molecule has 1 aliphatic heterocycles. The number of hydrogen-bond acceptors (Lipinski definition) is 5. The van der Waals surface area contributed by atoms with Crippen molar-refractivity contribution in [2.24, 2.45) is 0 Å². The summed E-state index contributed by atoms with van der Waals surface area (Å²) < 4.78 is 10.4. The van der Waals surface area contributed by atoms with Crippen molar-refractivity contribution in [1.82, 2.24) is 0 Å². The van der Waals surface area contributed by atoms with Crippen LogP contribution in [-0.4, -0.2) is 24.0 Å². The molecular weight excluding hydrogens is 238 g/mol. The Balaban J connectivity index is 1.85. The van der Waals surface area contributed by atoms with Crippen molar-refractivity contribution in [2.45, 2.75) is 19.3 Å². The first-order chi connectivity index (χ1) is 8.65. The molecule has 0 aromatic heterocycles. The monoisotopic (exact) mass is 251 g/mol. The minimum atomic E-state index is -0.409. The molecule has 1 aromatic carbocycles. The van der Waals surface area contributed by atoms with Crippen molar-refractivity contribution >= 4 is 5.78 Å². The molecule has 0 saturated carbocycles. The first-order valence-corrected chi connectivity index (χ1v) is 5.67. The maximum atomic E-state index is 11.6. The Morgan fingerprint density at radius 2 is 2.11 bits per heavy atom. The fraction of sp³-hybridized carbons (Fsp3) is 0.417. The highest BCUT2D eigenvalue weighted by Crippen LogP contribution is 2.32. The number of nitro groups is 1. The lowest BCUT2D eigenvalue weighted by Crippen LogP contribution is -2.07. The SMILES string of the molecule is O=C(CCC[N+](=O)[O-])Cc1ccc2c(c1)OCO2. The van der Waals surface area contributed by atoms with E-state index in [0.29, 0.717) is 11.5 Å². The van der Waals surface area contributed by atoms with Gasteiger partial charge >= 0.3 is 0 Å². The lowest BCUT2D eigenvalue weighted by molar-refractivity contribution is -0.480. The topological polar surface area (TPSA) is 78.7 Å².